The summed E-state index contributed by atoms with van der Waals surface area (Å²) in [4.78, 5) is 42.1. The van der Waals surface area contributed by atoms with E-state index < -0.39 is 41.1 Å². The van der Waals surface area contributed by atoms with E-state index in [0.29, 0.717) is 10.5 Å². The molecule has 30 heavy (non-hydrogen) atoms. The van der Waals surface area contributed by atoms with Gasteiger partial charge in [0.1, 0.15) is 23.4 Å². The summed E-state index contributed by atoms with van der Waals surface area (Å²) in [5.74, 6) is -2.54. The third-order valence-electron chi connectivity index (χ3n) is 4.43. The monoisotopic (exact) mass is 431 g/mol. The number of nitrogens with zero attached hydrogens (tertiary/aromatic N) is 2. The van der Waals surface area contributed by atoms with Crippen molar-refractivity contribution in [2.45, 2.75) is 18.0 Å². The number of aromatic hydroxyl groups is 1. The van der Waals surface area contributed by atoms with Crippen LogP contribution in [0.5, 0.6) is 5.75 Å². The van der Waals surface area contributed by atoms with Crippen molar-refractivity contribution in [3.05, 3.63) is 63.8 Å². The number of benzene rings is 1. The van der Waals surface area contributed by atoms with Crippen molar-refractivity contribution in [2.24, 2.45) is 0 Å². The Morgan fingerprint density at radius 1 is 1.33 bits per heavy atom. The van der Waals surface area contributed by atoms with Gasteiger partial charge in [-0.05, 0) is 36.1 Å². The van der Waals surface area contributed by atoms with E-state index in [1.807, 2.05) is 0 Å². The number of methoxy groups -OCH3 is 1. The van der Waals surface area contributed by atoms with Crippen LogP contribution in [0.4, 0.5) is 4.39 Å². The lowest BCUT2D eigenvalue weighted by atomic mass is 10.1. The van der Waals surface area contributed by atoms with Crippen molar-refractivity contribution < 1.29 is 23.8 Å². The number of nitrogens with one attached hydrogen (secondary N) is 1. The van der Waals surface area contributed by atoms with Crippen LogP contribution in [0, 0.1) is 5.82 Å². The van der Waals surface area contributed by atoms with Gasteiger partial charge in [0, 0.05) is 17.6 Å². The van der Waals surface area contributed by atoms with Gasteiger partial charge in [-0.3, -0.25) is 23.9 Å². The Labute approximate surface area is 174 Å². The first-order valence-electron chi connectivity index (χ1n) is 8.75. The van der Waals surface area contributed by atoms with Crippen LogP contribution in [0.1, 0.15) is 15.9 Å². The minimum Gasteiger partial charge on any atom is -0.505 e. The van der Waals surface area contributed by atoms with Crippen LogP contribution in [-0.4, -0.2) is 39.9 Å². The molecule has 2 heterocycles. The van der Waals surface area contributed by atoms with Crippen LogP contribution in [0.3, 0.4) is 0 Å². The van der Waals surface area contributed by atoms with Crippen LogP contribution in [0.2, 0.25) is 0 Å². The van der Waals surface area contributed by atoms with Gasteiger partial charge in [0.15, 0.2) is 5.75 Å². The van der Waals surface area contributed by atoms with E-state index in [2.05, 4.69) is 15.0 Å². The highest BCUT2D eigenvalue weighted by molar-refractivity contribution is 7.98. The topological polar surface area (TPSA) is 111 Å². The molecule has 0 aliphatic rings. The Hall–Kier alpha value is -3.40. The van der Waals surface area contributed by atoms with E-state index in [9.17, 15) is 23.9 Å². The van der Waals surface area contributed by atoms with Gasteiger partial charge in [-0.2, -0.15) is 0 Å². The highest BCUT2D eigenvalue weighted by Crippen LogP contribution is 2.25. The predicted molar refractivity (Wildman–Crippen MR) is 109 cm³/mol. The molecule has 0 saturated heterocycles. The quantitative estimate of drug-likeness (QED) is 0.454. The summed E-state index contributed by atoms with van der Waals surface area (Å²) < 4.78 is 19.0. The normalized spacial score (nSPS) is 10.8. The van der Waals surface area contributed by atoms with E-state index in [-0.39, 0.29) is 17.6 Å². The maximum absolute atomic E-state index is 13.4. The number of thioether (sulfide) groups is 1. The van der Waals surface area contributed by atoms with Gasteiger partial charge < -0.3 is 15.2 Å². The number of pyridine rings is 2. The number of amides is 1. The number of halogens is 1. The molecule has 8 nitrogen and oxygen atoms in total. The van der Waals surface area contributed by atoms with Crippen molar-refractivity contribution in [1.29, 1.82) is 0 Å². The molecule has 156 valence electrons. The summed E-state index contributed by atoms with van der Waals surface area (Å²) in [5, 5.41) is 13.1. The molecule has 1 aromatic carbocycles. The summed E-state index contributed by atoms with van der Waals surface area (Å²) in [6.07, 6.45) is 3.16. The second-order valence-electron chi connectivity index (χ2n) is 6.20. The molecule has 2 aromatic heterocycles. The Morgan fingerprint density at radius 3 is 2.80 bits per heavy atom. The van der Waals surface area contributed by atoms with Crippen molar-refractivity contribution in [3.63, 3.8) is 0 Å². The second-order valence-corrected chi connectivity index (χ2v) is 7.05. The molecule has 1 amide bonds. The number of esters is 1. The van der Waals surface area contributed by atoms with Gasteiger partial charge in [-0.1, -0.05) is 6.07 Å². The average Bonchev–Trinajstić information content (AvgIpc) is 2.75. The molecule has 0 radical (unpaired) electrons. The highest BCUT2D eigenvalue weighted by atomic mass is 32.2. The molecule has 3 aromatic rings. The van der Waals surface area contributed by atoms with E-state index in [0.717, 1.165) is 4.57 Å². The Balaban J connectivity index is 2.02. The largest absolute Gasteiger partial charge is 0.505 e. The van der Waals surface area contributed by atoms with Crippen molar-refractivity contribution in [3.8, 4) is 5.75 Å². The van der Waals surface area contributed by atoms with E-state index in [1.54, 1.807) is 6.26 Å². The Morgan fingerprint density at radius 2 is 2.10 bits per heavy atom. The number of aromatic nitrogens is 2. The van der Waals surface area contributed by atoms with E-state index >= 15 is 0 Å². The van der Waals surface area contributed by atoms with Gasteiger partial charge in [0.25, 0.3) is 11.5 Å². The molecule has 0 spiro atoms. The predicted octanol–water partition coefficient (Wildman–Crippen LogP) is 2.07. The third-order valence-corrected chi connectivity index (χ3v) is 5.25. The van der Waals surface area contributed by atoms with Gasteiger partial charge in [0.2, 0.25) is 0 Å². The number of fused-ring (bicyclic) bond motifs is 1. The molecule has 0 fully saturated rings. The van der Waals surface area contributed by atoms with E-state index in [4.69, 9.17) is 0 Å². The van der Waals surface area contributed by atoms with Crippen LogP contribution < -0.4 is 10.9 Å². The van der Waals surface area contributed by atoms with Crippen molar-refractivity contribution in [2.75, 3.05) is 13.4 Å². The summed E-state index contributed by atoms with van der Waals surface area (Å²) in [7, 11) is 1.17. The van der Waals surface area contributed by atoms with Crippen LogP contribution in [-0.2, 0) is 22.6 Å². The number of carbonyl (C=O) groups excluding carboxylic acids is 2. The number of ether oxygens (including phenoxy) is 1. The fourth-order valence-corrected chi connectivity index (χ4v) is 3.58. The SMILES string of the molecule is COC(=O)Cn1c(=O)c(C(=O)NCc2ccc(F)cc2SC)c(O)c2ncccc21. The molecular weight excluding hydrogens is 413 g/mol. The minimum absolute atomic E-state index is 0.00209. The zero-order chi connectivity index (χ0) is 21.8. The summed E-state index contributed by atoms with van der Waals surface area (Å²) in [6.45, 7) is -0.446. The zero-order valence-corrected chi connectivity index (χ0v) is 17.0. The first-order chi connectivity index (χ1) is 14.4. The summed E-state index contributed by atoms with van der Waals surface area (Å²) in [6, 6.07) is 7.16. The lowest BCUT2D eigenvalue weighted by Crippen LogP contribution is -2.34. The average molecular weight is 431 g/mol. The molecular formula is C20H18FN3O5S. The number of hydrogen-bond donors (Lipinski definition) is 2. The summed E-state index contributed by atoms with van der Waals surface area (Å²) in [5.41, 5.74) is -0.577. The van der Waals surface area contributed by atoms with Gasteiger partial charge in [-0.25, -0.2) is 4.39 Å². The smallest absolute Gasteiger partial charge is 0.325 e. The third kappa shape index (κ3) is 4.13. The Kier molecular flexibility index (Phi) is 6.36. The first-order valence-corrected chi connectivity index (χ1v) is 9.97. The van der Waals surface area contributed by atoms with Crippen LogP contribution in [0.15, 0.2) is 46.2 Å². The van der Waals surface area contributed by atoms with E-state index in [1.165, 1.54) is 55.4 Å². The van der Waals surface area contributed by atoms with Crippen LogP contribution in [0.25, 0.3) is 11.0 Å². The maximum atomic E-state index is 13.4. The van der Waals surface area contributed by atoms with Crippen molar-refractivity contribution >= 4 is 34.7 Å². The van der Waals surface area contributed by atoms with Gasteiger partial charge in [0.05, 0.1) is 12.6 Å². The Bertz CT molecular complexity index is 1200. The molecule has 0 saturated carbocycles. The molecule has 0 aliphatic carbocycles. The number of hydrogen-bond acceptors (Lipinski definition) is 7. The highest BCUT2D eigenvalue weighted by Gasteiger charge is 2.24. The maximum Gasteiger partial charge on any atom is 0.325 e. The molecule has 0 aliphatic heterocycles. The lowest BCUT2D eigenvalue weighted by Gasteiger charge is -2.14. The van der Waals surface area contributed by atoms with Crippen molar-refractivity contribution in [1.82, 2.24) is 14.9 Å². The minimum atomic E-state index is -0.861. The zero-order valence-electron chi connectivity index (χ0n) is 16.1. The molecule has 0 atom stereocenters. The second kappa shape index (κ2) is 8.95. The molecule has 3 rings (SSSR count). The van der Waals surface area contributed by atoms with Gasteiger partial charge in [-0.15, -0.1) is 11.8 Å². The molecule has 0 unspecified atom stereocenters. The number of carbonyl (C=O) groups is 2. The molecule has 2 N–H and O–H groups in total. The van der Waals surface area contributed by atoms with Crippen LogP contribution >= 0.6 is 11.8 Å². The lowest BCUT2D eigenvalue weighted by molar-refractivity contribution is -0.141. The molecule has 0 bridgehead atoms. The standard InChI is InChI=1S/C20H18FN3O5S/c1-29-15(25)10-24-13-4-3-7-22-17(13)18(26)16(20(24)28)19(27)23-9-11-5-6-12(21)8-14(11)30-2/h3-8,26H,9-10H2,1-2H3,(H,23,27). The fourth-order valence-electron chi connectivity index (χ4n) is 2.94. The van der Waals surface area contributed by atoms with Gasteiger partial charge >= 0.3 is 5.97 Å². The number of rotatable bonds is 6. The summed E-state index contributed by atoms with van der Waals surface area (Å²) >= 11 is 1.31. The fraction of sp³-hybridized carbons (Fsp3) is 0.200. The first kappa shape index (κ1) is 21.3. The molecule has 10 heteroatoms.